The lowest BCUT2D eigenvalue weighted by Gasteiger charge is -2.17. The van der Waals surface area contributed by atoms with Gasteiger partial charge in [0, 0.05) is 17.4 Å². The molecule has 0 bridgehead atoms. The van der Waals surface area contributed by atoms with Crippen LogP contribution >= 0.6 is 23.5 Å². The van der Waals surface area contributed by atoms with Crippen LogP contribution in [0.1, 0.15) is 34.1 Å². The number of nitrogens with zero attached hydrogens (tertiary/aromatic N) is 2. The number of thioether (sulfide) groups is 2. The quantitative estimate of drug-likeness (QED) is 0.499. The van der Waals surface area contributed by atoms with E-state index in [9.17, 15) is 0 Å². The van der Waals surface area contributed by atoms with E-state index in [0.717, 1.165) is 29.0 Å². The molecule has 0 aromatic carbocycles. The smallest absolute Gasteiger partial charge is 0.190 e. The highest BCUT2D eigenvalue weighted by molar-refractivity contribution is 8.00. The molecular formula is C12H21N3S2. The van der Waals surface area contributed by atoms with Gasteiger partial charge < -0.3 is 5.32 Å². The Kier molecular flexibility index (Phi) is 5.59. The van der Waals surface area contributed by atoms with Gasteiger partial charge in [-0.15, -0.1) is 11.8 Å². The first-order chi connectivity index (χ1) is 7.94. The van der Waals surface area contributed by atoms with Gasteiger partial charge in [0.15, 0.2) is 5.16 Å². The molecule has 0 spiro atoms. The summed E-state index contributed by atoms with van der Waals surface area (Å²) in [5.41, 5.74) is 0. The number of anilines is 1. The maximum Gasteiger partial charge on any atom is 0.190 e. The molecule has 1 rings (SSSR count). The summed E-state index contributed by atoms with van der Waals surface area (Å²) < 4.78 is 0.173. The lowest BCUT2D eigenvalue weighted by atomic mass is 10.3. The molecule has 0 amide bonds. The Bertz CT molecular complexity index is 361. The second-order valence-electron chi connectivity index (χ2n) is 4.72. The maximum atomic E-state index is 4.52. The van der Waals surface area contributed by atoms with Gasteiger partial charge in [0.2, 0.25) is 0 Å². The van der Waals surface area contributed by atoms with Crippen molar-refractivity contribution in [3.8, 4) is 0 Å². The Balaban J connectivity index is 2.88. The fraction of sp³-hybridized carbons (Fsp3) is 0.667. The second-order valence-corrected chi connectivity index (χ2v) is 7.34. The number of hydrogen-bond donors (Lipinski definition) is 1. The molecule has 17 heavy (non-hydrogen) atoms. The van der Waals surface area contributed by atoms with Crippen molar-refractivity contribution in [2.24, 2.45) is 0 Å². The van der Waals surface area contributed by atoms with Crippen LogP contribution in [0.2, 0.25) is 0 Å². The first-order valence-corrected chi connectivity index (χ1v) is 7.84. The zero-order valence-corrected chi connectivity index (χ0v) is 12.8. The maximum absolute atomic E-state index is 4.52. The van der Waals surface area contributed by atoms with Crippen molar-refractivity contribution in [2.45, 2.75) is 49.0 Å². The van der Waals surface area contributed by atoms with Crippen LogP contribution in [0.4, 0.5) is 5.82 Å². The average Bonchev–Trinajstić information content (AvgIpc) is 2.23. The molecule has 0 radical (unpaired) electrons. The Labute approximate surface area is 113 Å². The fourth-order valence-corrected chi connectivity index (χ4v) is 2.57. The van der Waals surface area contributed by atoms with E-state index in [-0.39, 0.29) is 4.75 Å². The highest BCUT2D eigenvalue weighted by atomic mass is 32.2. The van der Waals surface area contributed by atoms with E-state index in [2.05, 4.69) is 43.0 Å². The third kappa shape index (κ3) is 5.64. The van der Waals surface area contributed by atoms with Crippen LogP contribution in [-0.2, 0) is 0 Å². The van der Waals surface area contributed by atoms with Gasteiger partial charge in [-0.25, -0.2) is 9.97 Å². The summed E-state index contributed by atoms with van der Waals surface area (Å²) in [7, 11) is 0. The molecule has 0 aliphatic carbocycles. The van der Waals surface area contributed by atoms with Crippen LogP contribution in [0.15, 0.2) is 16.2 Å². The zero-order chi connectivity index (χ0) is 12.9. The molecule has 0 fully saturated rings. The molecule has 3 nitrogen and oxygen atoms in total. The lowest BCUT2D eigenvalue weighted by molar-refractivity contribution is 0.792. The van der Waals surface area contributed by atoms with Crippen LogP contribution in [0.25, 0.3) is 0 Å². The number of rotatable bonds is 5. The normalized spacial score (nSPS) is 11.6. The number of nitrogens with one attached hydrogen (secondary N) is 1. The zero-order valence-electron chi connectivity index (χ0n) is 11.2. The van der Waals surface area contributed by atoms with E-state index in [1.807, 2.05) is 12.3 Å². The van der Waals surface area contributed by atoms with Gasteiger partial charge >= 0.3 is 0 Å². The molecule has 0 atom stereocenters. The van der Waals surface area contributed by atoms with Gasteiger partial charge in [0.25, 0.3) is 0 Å². The summed E-state index contributed by atoms with van der Waals surface area (Å²) in [5, 5.41) is 5.19. The summed E-state index contributed by atoms with van der Waals surface area (Å²) in [6.07, 6.45) is 3.10. The molecule has 0 aliphatic rings. The standard InChI is InChI=1S/C12H21N3S2/c1-6-7-13-9-8-10(17-12(2,3)4)15-11(14-9)16-5/h8H,6-7H2,1-5H3,(H,13,14,15). The van der Waals surface area contributed by atoms with Gasteiger partial charge in [-0.2, -0.15) is 0 Å². The molecule has 1 aromatic heterocycles. The molecule has 0 unspecified atom stereocenters. The molecule has 5 heteroatoms. The summed E-state index contributed by atoms with van der Waals surface area (Å²) in [5.74, 6) is 0.929. The van der Waals surface area contributed by atoms with Crippen LogP contribution in [0.5, 0.6) is 0 Å². The Morgan fingerprint density at radius 3 is 2.53 bits per heavy atom. The SMILES string of the molecule is CCCNc1cc(SC(C)(C)C)nc(SC)n1. The Hall–Kier alpha value is -0.420. The molecule has 1 heterocycles. The van der Waals surface area contributed by atoms with Crippen molar-refractivity contribution in [3.63, 3.8) is 0 Å². The molecule has 0 saturated carbocycles. The van der Waals surface area contributed by atoms with E-state index in [1.165, 1.54) is 0 Å². The van der Waals surface area contributed by atoms with Crippen molar-refractivity contribution in [1.29, 1.82) is 0 Å². The van der Waals surface area contributed by atoms with Crippen molar-refractivity contribution in [3.05, 3.63) is 6.07 Å². The summed E-state index contributed by atoms with van der Waals surface area (Å²) >= 11 is 3.35. The van der Waals surface area contributed by atoms with E-state index >= 15 is 0 Å². The topological polar surface area (TPSA) is 37.8 Å². The van der Waals surface area contributed by atoms with Gasteiger partial charge in [0.1, 0.15) is 10.8 Å². The molecule has 1 aromatic rings. The largest absolute Gasteiger partial charge is 0.370 e. The van der Waals surface area contributed by atoms with E-state index in [4.69, 9.17) is 0 Å². The summed E-state index contributed by atoms with van der Waals surface area (Å²) in [6.45, 7) is 9.67. The van der Waals surface area contributed by atoms with Crippen LogP contribution in [0.3, 0.4) is 0 Å². The second kappa shape index (κ2) is 6.50. The van der Waals surface area contributed by atoms with Crippen LogP contribution < -0.4 is 5.32 Å². The van der Waals surface area contributed by atoms with Crippen molar-refractivity contribution in [2.75, 3.05) is 18.1 Å². The monoisotopic (exact) mass is 271 g/mol. The number of aromatic nitrogens is 2. The summed E-state index contributed by atoms with van der Waals surface area (Å²) in [4.78, 5) is 8.97. The molecule has 96 valence electrons. The third-order valence-corrected chi connectivity index (χ3v) is 3.41. The van der Waals surface area contributed by atoms with Gasteiger partial charge in [0.05, 0.1) is 0 Å². The molecule has 0 saturated heterocycles. The molecule has 0 aliphatic heterocycles. The number of hydrogen-bond acceptors (Lipinski definition) is 5. The fourth-order valence-electron chi connectivity index (χ4n) is 1.20. The predicted octanol–water partition coefficient (Wildman–Crippen LogP) is 3.91. The first-order valence-electron chi connectivity index (χ1n) is 5.80. The van der Waals surface area contributed by atoms with Crippen LogP contribution in [-0.4, -0.2) is 27.5 Å². The van der Waals surface area contributed by atoms with Crippen molar-refractivity contribution < 1.29 is 0 Å². The first kappa shape index (κ1) is 14.6. The molecular weight excluding hydrogens is 250 g/mol. The highest BCUT2D eigenvalue weighted by Crippen LogP contribution is 2.32. The van der Waals surface area contributed by atoms with Crippen molar-refractivity contribution >= 4 is 29.3 Å². The van der Waals surface area contributed by atoms with E-state index in [0.29, 0.717) is 0 Å². The average molecular weight is 271 g/mol. The molecule has 1 N–H and O–H groups in total. The summed E-state index contributed by atoms with van der Waals surface area (Å²) in [6, 6.07) is 2.03. The van der Waals surface area contributed by atoms with Gasteiger partial charge in [-0.05, 0) is 12.7 Å². The Morgan fingerprint density at radius 2 is 2.00 bits per heavy atom. The van der Waals surface area contributed by atoms with Crippen molar-refractivity contribution in [1.82, 2.24) is 9.97 Å². The minimum absolute atomic E-state index is 0.173. The van der Waals surface area contributed by atoms with Crippen LogP contribution in [0, 0.1) is 0 Å². The predicted molar refractivity (Wildman–Crippen MR) is 78.2 cm³/mol. The van der Waals surface area contributed by atoms with E-state index < -0.39 is 0 Å². The highest BCUT2D eigenvalue weighted by Gasteiger charge is 2.14. The van der Waals surface area contributed by atoms with Gasteiger partial charge in [-0.1, -0.05) is 39.5 Å². The lowest BCUT2D eigenvalue weighted by Crippen LogP contribution is -2.09. The van der Waals surface area contributed by atoms with Gasteiger partial charge in [-0.3, -0.25) is 0 Å². The Morgan fingerprint density at radius 1 is 1.29 bits per heavy atom. The van der Waals surface area contributed by atoms with E-state index in [1.54, 1.807) is 23.5 Å². The minimum atomic E-state index is 0.173. The third-order valence-electron chi connectivity index (χ3n) is 1.83. The minimum Gasteiger partial charge on any atom is -0.370 e.